The molecule has 1 aromatic heterocycles. The van der Waals surface area contributed by atoms with Crippen molar-refractivity contribution in [3.63, 3.8) is 0 Å². The average molecular weight is 434 g/mol. The van der Waals surface area contributed by atoms with E-state index < -0.39 is 29.3 Å². The van der Waals surface area contributed by atoms with Crippen LogP contribution in [0.25, 0.3) is 27.5 Å². The van der Waals surface area contributed by atoms with Crippen LogP contribution in [0.5, 0.6) is 5.75 Å². The number of alkyl halides is 3. The van der Waals surface area contributed by atoms with Crippen molar-refractivity contribution in [2.75, 3.05) is 0 Å². The second-order valence-electron chi connectivity index (χ2n) is 8.08. The van der Waals surface area contributed by atoms with Gasteiger partial charge in [-0.1, -0.05) is 23.8 Å². The van der Waals surface area contributed by atoms with E-state index in [2.05, 4.69) is 16.9 Å². The third-order valence-electron chi connectivity index (χ3n) is 6.24. The first kappa shape index (κ1) is 20.1. The van der Waals surface area contributed by atoms with Gasteiger partial charge in [0.05, 0.1) is 0 Å². The number of hydrogen-bond acceptors (Lipinski definition) is 2. The van der Waals surface area contributed by atoms with Crippen LogP contribution in [0.2, 0.25) is 0 Å². The van der Waals surface area contributed by atoms with Crippen molar-refractivity contribution < 1.29 is 31.1 Å². The van der Waals surface area contributed by atoms with E-state index in [0.717, 1.165) is 43.7 Å². The molecule has 0 spiro atoms. The van der Waals surface area contributed by atoms with E-state index in [-0.39, 0.29) is 11.0 Å². The molecule has 1 heterocycles. The van der Waals surface area contributed by atoms with Crippen LogP contribution in [0.1, 0.15) is 44.1 Å². The zero-order valence-electron chi connectivity index (χ0n) is 16.5. The molecule has 0 amide bonds. The first-order valence-electron chi connectivity index (χ1n) is 10.3. The van der Waals surface area contributed by atoms with E-state index in [4.69, 9.17) is 4.42 Å². The lowest BCUT2D eigenvalue weighted by Gasteiger charge is -2.23. The molecule has 1 atom stereocenters. The van der Waals surface area contributed by atoms with Crippen molar-refractivity contribution in [2.24, 2.45) is 5.92 Å². The van der Waals surface area contributed by atoms with E-state index in [1.165, 1.54) is 18.1 Å². The number of allylic oxidation sites excluding steroid dienone is 4. The lowest BCUT2D eigenvalue weighted by molar-refractivity contribution is -0.275. The van der Waals surface area contributed by atoms with Crippen molar-refractivity contribution in [1.82, 2.24) is 0 Å². The first-order valence-corrected chi connectivity index (χ1v) is 10.3. The number of hydrogen-bond donors (Lipinski definition) is 0. The zero-order valence-corrected chi connectivity index (χ0v) is 16.5. The number of fused-ring (bicyclic) bond motifs is 3. The summed E-state index contributed by atoms with van der Waals surface area (Å²) in [5.74, 6) is -2.44. The predicted octanol–water partition coefficient (Wildman–Crippen LogP) is 8.06. The van der Waals surface area contributed by atoms with Gasteiger partial charge in [0, 0.05) is 16.3 Å². The van der Waals surface area contributed by atoms with Crippen molar-refractivity contribution in [1.29, 1.82) is 0 Å². The fourth-order valence-electron chi connectivity index (χ4n) is 4.75. The monoisotopic (exact) mass is 434 g/mol. The van der Waals surface area contributed by atoms with E-state index in [0.29, 0.717) is 16.9 Å². The van der Waals surface area contributed by atoms with Crippen LogP contribution < -0.4 is 4.74 Å². The molecule has 31 heavy (non-hydrogen) atoms. The number of furan rings is 1. The molecular formula is C24H19F5O2. The summed E-state index contributed by atoms with van der Waals surface area (Å²) >= 11 is 0. The second kappa shape index (κ2) is 7.39. The lowest BCUT2D eigenvalue weighted by Crippen LogP contribution is -2.17. The molecule has 3 aromatic rings. The molecule has 2 aliphatic rings. The Morgan fingerprint density at radius 3 is 2.29 bits per heavy atom. The zero-order chi connectivity index (χ0) is 21.8. The average Bonchev–Trinajstić information content (AvgIpc) is 3.39. The summed E-state index contributed by atoms with van der Waals surface area (Å²) in [4.78, 5) is 0. The van der Waals surface area contributed by atoms with Crippen molar-refractivity contribution >= 4 is 27.5 Å². The molecule has 0 radical (unpaired) electrons. The van der Waals surface area contributed by atoms with Gasteiger partial charge in [0.15, 0.2) is 22.7 Å². The third kappa shape index (κ3) is 3.60. The molecule has 0 bridgehead atoms. The minimum Gasteiger partial charge on any atom is -0.450 e. The highest BCUT2D eigenvalue weighted by atomic mass is 19.4. The molecule has 0 N–H and O–H groups in total. The molecule has 0 saturated carbocycles. The van der Waals surface area contributed by atoms with Gasteiger partial charge in [-0.3, -0.25) is 0 Å². The van der Waals surface area contributed by atoms with Gasteiger partial charge in [-0.25, -0.2) is 4.39 Å². The van der Waals surface area contributed by atoms with Crippen molar-refractivity contribution in [3.8, 4) is 5.75 Å². The molecule has 0 fully saturated rings. The first-order chi connectivity index (χ1) is 14.8. The highest BCUT2D eigenvalue weighted by Crippen LogP contribution is 2.41. The van der Waals surface area contributed by atoms with Gasteiger partial charge in [-0.2, -0.15) is 4.39 Å². The topological polar surface area (TPSA) is 22.4 Å². The Labute approximate surface area is 175 Å². The molecule has 162 valence electrons. The van der Waals surface area contributed by atoms with Crippen LogP contribution in [-0.4, -0.2) is 6.36 Å². The minimum absolute atomic E-state index is 0.169. The van der Waals surface area contributed by atoms with Crippen LogP contribution in [0.3, 0.4) is 0 Å². The predicted molar refractivity (Wildman–Crippen MR) is 108 cm³/mol. The maximum Gasteiger partial charge on any atom is 0.573 e. The Balaban J connectivity index is 1.52. The Hall–Kier alpha value is -2.83. The quantitative estimate of drug-likeness (QED) is 0.307. The Kier molecular flexibility index (Phi) is 4.79. The lowest BCUT2D eigenvalue weighted by atomic mass is 9.82. The Bertz CT molecular complexity index is 1230. The maximum atomic E-state index is 15.3. The van der Waals surface area contributed by atoms with E-state index in [1.807, 2.05) is 0 Å². The molecule has 0 saturated heterocycles. The van der Waals surface area contributed by atoms with Crippen LogP contribution >= 0.6 is 0 Å². The van der Waals surface area contributed by atoms with Crippen LogP contribution in [0.4, 0.5) is 22.0 Å². The molecule has 2 aliphatic carbocycles. The van der Waals surface area contributed by atoms with Crippen molar-refractivity contribution in [2.45, 2.75) is 44.9 Å². The largest absolute Gasteiger partial charge is 0.573 e. The summed E-state index contributed by atoms with van der Waals surface area (Å²) in [6, 6.07) is 5.36. The smallest absolute Gasteiger partial charge is 0.450 e. The maximum absolute atomic E-state index is 15.3. The SMILES string of the molecule is Fc1c(OC(F)(F)F)ccc2c1oc1c(F)c(C3=CCC(C4=CCCC4)CC3)ccc12. The Morgan fingerprint density at radius 1 is 0.903 bits per heavy atom. The summed E-state index contributed by atoms with van der Waals surface area (Å²) < 4.78 is 76.4. The molecule has 5 rings (SSSR count). The second-order valence-corrected chi connectivity index (χ2v) is 8.08. The van der Waals surface area contributed by atoms with E-state index in [9.17, 15) is 17.6 Å². The Morgan fingerprint density at radius 2 is 1.65 bits per heavy atom. The van der Waals surface area contributed by atoms with Gasteiger partial charge in [-0.05, 0) is 68.2 Å². The standard InChI is InChI=1S/C24H19F5O2/c25-20-16(15-7-5-14(6-8-15)13-3-1-2-4-13)9-10-17-18-11-12-19(31-24(27,28)29)21(26)23(18)30-22(17)20/h3,7,9-12,14H,1-2,4-6,8H2. The fourth-order valence-corrected chi connectivity index (χ4v) is 4.75. The molecule has 0 aliphatic heterocycles. The van der Waals surface area contributed by atoms with Gasteiger partial charge < -0.3 is 9.15 Å². The summed E-state index contributed by atoms with van der Waals surface area (Å²) in [7, 11) is 0. The van der Waals surface area contributed by atoms with Gasteiger partial charge in [0.1, 0.15) is 0 Å². The minimum atomic E-state index is -5.04. The molecule has 7 heteroatoms. The number of halogens is 5. The normalized spacial score (nSPS) is 19.7. The summed E-state index contributed by atoms with van der Waals surface area (Å²) in [5, 5.41) is 0.498. The highest BCUT2D eigenvalue weighted by Gasteiger charge is 2.33. The fraction of sp³-hybridized carbons (Fsp3) is 0.333. The summed E-state index contributed by atoms with van der Waals surface area (Å²) in [6.45, 7) is 0. The third-order valence-corrected chi connectivity index (χ3v) is 6.24. The van der Waals surface area contributed by atoms with Gasteiger partial charge >= 0.3 is 6.36 Å². The number of rotatable bonds is 3. The van der Waals surface area contributed by atoms with Crippen LogP contribution in [-0.2, 0) is 0 Å². The highest BCUT2D eigenvalue weighted by molar-refractivity contribution is 6.06. The summed E-state index contributed by atoms with van der Waals surface area (Å²) in [6.07, 6.45) is 5.32. The van der Waals surface area contributed by atoms with Crippen LogP contribution in [0, 0.1) is 17.6 Å². The van der Waals surface area contributed by atoms with Crippen molar-refractivity contribution in [3.05, 3.63) is 59.2 Å². The molecule has 1 unspecified atom stereocenters. The molecule has 2 nitrogen and oxygen atoms in total. The number of benzene rings is 2. The van der Waals surface area contributed by atoms with Crippen LogP contribution in [0.15, 0.2) is 46.4 Å². The van der Waals surface area contributed by atoms with Gasteiger partial charge in [0.2, 0.25) is 5.82 Å². The molecule has 2 aromatic carbocycles. The molecular weight excluding hydrogens is 415 g/mol. The van der Waals surface area contributed by atoms with Gasteiger partial charge in [-0.15, -0.1) is 13.2 Å². The van der Waals surface area contributed by atoms with E-state index >= 15 is 4.39 Å². The number of ether oxygens (including phenoxy) is 1. The van der Waals surface area contributed by atoms with Gasteiger partial charge in [0.25, 0.3) is 0 Å². The summed E-state index contributed by atoms with van der Waals surface area (Å²) in [5.41, 5.74) is 2.13. The van der Waals surface area contributed by atoms with E-state index in [1.54, 1.807) is 12.1 Å².